The largest absolute Gasteiger partial charge is 0.352 e. The lowest BCUT2D eigenvalue weighted by molar-refractivity contribution is 0.601. The SMILES string of the molecule is CN=C(NCc1ccc(CS(C)(=O)=O)cc1)NCc1ccc(F)c(C)c1.I. The molecule has 0 atom stereocenters. The molecular formula is C19H25FIN3O2S. The van der Waals surface area contributed by atoms with E-state index in [1.54, 1.807) is 26.1 Å². The smallest absolute Gasteiger partial charge is 0.191 e. The zero-order chi connectivity index (χ0) is 19.2. The Hall–Kier alpha value is -1.68. The first-order valence-electron chi connectivity index (χ1n) is 8.22. The van der Waals surface area contributed by atoms with Gasteiger partial charge >= 0.3 is 0 Å². The minimum absolute atomic E-state index is 0. The van der Waals surface area contributed by atoms with Gasteiger partial charge in [0.15, 0.2) is 15.8 Å². The molecule has 8 heteroatoms. The number of aryl methyl sites for hydroxylation is 1. The van der Waals surface area contributed by atoms with Gasteiger partial charge in [0.1, 0.15) is 5.82 Å². The predicted octanol–water partition coefficient (Wildman–Crippen LogP) is 3.16. The first kappa shape index (κ1) is 23.4. The highest BCUT2D eigenvalue weighted by Crippen LogP contribution is 2.09. The van der Waals surface area contributed by atoms with E-state index in [0.717, 1.165) is 16.7 Å². The molecule has 5 nitrogen and oxygen atoms in total. The molecule has 148 valence electrons. The molecule has 0 saturated heterocycles. The van der Waals surface area contributed by atoms with Crippen molar-refractivity contribution in [3.8, 4) is 0 Å². The fourth-order valence-corrected chi connectivity index (χ4v) is 3.26. The Morgan fingerprint density at radius 2 is 1.52 bits per heavy atom. The van der Waals surface area contributed by atoms with E-state index in [-0.39, 0.29) is 35.5 Å². The molecule has 0 saturated carbocycles. The highest BCUT2D eigenvalue weighted by molar-refractivity contribution is 14.0. The molecular weight excluding hydrogens is 480 g/mol. The normalized spacial score (nSPS) is 11.6. The van der Waals surface area contributed by atoms with Crippen LogP contribution in [-0.4, -0.2) is 27.7 Å². The number of rotatable bonds is 6. The van der Waals surface area contributed by atoms with E-state index in [0.29, 0.717) is 24.6 Å². The van der Waals surface area contributed by atoms with Crippen LogP contribution in [0.4, 0.5) is 4.39 Å². The van der Waals surface area contributed by atoms with Gasteiger partial charge < -0.3 is 10.6 Å². The summed E-state index contributed by atoms with van der Waals surface area (Å²) in [4.78, 5) is 4.17. The second kappa shape index (κ2) is 10.6. The maximum Gasteiger partial charge on any atom is 0.191 e. The molecule has 0 bridgehead atoms. The number of hydrogen-bond acceptors (Lipinski definition) is 3. The second-order valence-corrected chi connectivity index (χ2v) is 8.39. The molecule has 0 aliphatic rings. The molecule has 0 heterocycles. The van der Waals surface area contributed by atoms with Crippen LogP contribution in [0, 0.1) is 12.7 Å². The zero-order valence-corrected chi connectivity index (χ0v) is 18.8. The Labute approximate surface area is 177 Å². The van der Waals surface area contributed by atoms with Crippen molar-refractivity contribution in [3.63, 3.8) is 0 Å². The standard InChI is InChI=1S/C19H24FN3O2S.HI/c1-14-10-17(8-9-18(14)20)12-23-19(21-2)22-11-15-4-6-16(7-5-15)13-26(3,24)25;/h4-10H,11-13H2,1-3H3,(H2,21,22,23);1H. The second-order valence-electron chi connectivity index (χ2n) is 6.25. The summed E-state index contributed by atoms with van der Waals surface area (Å²) in [5, 5.41) is 6.38. The average Bonchev–Trinajstić information content (AvgIpc) is 2.58. The Bertz CT molecular complexity index is 884. The lowest BCUT2D eigenvalue weighted by Gasteiger charge is -2.13. The maximum atomic E-state index is 13.3. The molecule has 0 radical (unpaired) electrons. The quantitative estimate of drug-likeness (QED) is 0.360. The van der Waals surface area contributed by atoms with Crippen LogP contribution in [-0.2, 0) is 28.7 Å². The van der Waals surface area contributed by atoms with Gasteiger partial charge in [0.25, 0.3) is 0 Å². The fourth-order valence-electron chi connectivity index (χ4n) is 2.47. The Morgan fingerprint density at radius 1 is 1.00 bits per heavy atom. The predicted molar refractivity (Wildman–Crippen MR) is 119 cm³/mol. The van der Waals surface area contributed by atoms with Crippen LogP contribution in [0.2, 0.25) is 0 Å². The van der Waals surface area contributed by atoms with Crippen LogP contribution < -0.4 is 10.6 Å². The Morgan fingerprint density at radius 3 is 2.04 bits per heavy atom. The van der Waals surface area contributed by atoms with Crippen molar-refractivity contribution in [2.45, 2.75) is 25.8 Å². The number of sulfone groups is 1. The molecule has 0 aliphatic carbocycles. The molecule has 27 heavy (non-hydrogen) atoms. The maximum absolute atomic E-state index is 13.3. The van der Waals surface area contributed by atoms with Crippen LogP contribution in [0.1, 0.15) is 22.3 Å². The molecule has 2 aromatic rings. The third kappa shape index (κ3) is 8.25. The van der Waals surface area contributed by atoms with Gasteiger partial charge in [0.05, 0.1) is 5.75 Å². The summed E-state index contributed by atoms with van der Waals surface area (Å²) in [6, 6.07) is 12.4. The number of guanidine groups is 1. The van der Waals surface area contributed by atoms with E-state index in [4.69, 9.17) is 0 Å². The monoisotopic (exact) mass is 505 g/mol. The molecule has 2 rings (SSSR count). The first-order chi connectivity index (χ1) is 12.3. The molecule has 0 aromatic heterocycles. The minimum atomic E-state index is -3.03. The van der Waals surface area contributed by atoms with Gasteiger partial charge in [-0.15, -0.1) is 24.0 Å². The summed E-state index contributed by atoms with van der Waals surface area (Å²) in [6.07, 6.45) is 1.22. The highest BCUT2D eigenvalue weighted by Gasteiger charge is 2.05. The molecule has 0 aliphatic heterocycles. The average molecular weight is 505 g/mol. The van der Waals surface area contributed by atoms with Crippen LogP contribution in [0.15, 0.2) is 47.5 Å². The zero-order valence-electron chi connectivity index (χ0n) is 15.6. The van der Waals surface area contributed by atoms with Crippen molar-refractivity contribution in [3.05, 3.63) is 70.5 Å². The van der Waals surface area contributed by atoms with E-state index in [9.17, 15) is 12.8 Å². The van der Waals surface area contributed by atoms with Gasteiger partial charge in [-0.2, -0.15) is 0 Å². The number of hydrogen-bond donors (Lipinski definition) is 2. The molecule has 0 fully saturated rings. The Balaban J connectivity index is 0.00000364. The highest BCUT2D eigenvalue weighted by atomic mass is 127. The first-order valence-corrected chi connectivity index (χ1v) is 10.3. The van der Waals surface area contributed by atoms with Crippen LogP contribution in [0.3, 0.4) is 0 Å². The molecule has 0 amide bonds. The summed E-state index contributed by atoms with van der Waals surface area (Å²) in [5.41, 5.74) is 3.37. The lowest BCUT2D eigenvalue weighted by Crippen LogP contribution is -2.36. The lowest BCUT2D eigenvalue weighted by atomic mass is 10.1. The van der Waals surface area contributed by atoms with Gasteiger partial charge in [0, 0.05) is 26.4 Å². The van der Waals surface area contributed by atoms with Crippen molar-refractivity contribution >= 4 is 39.8 Å². The topological polar surface area (TPSA) is 70.6 Å². The molecule has 2 aromatic carbocycles. The molecule has 0 spiro atoms. The summed E-state index contributed by atoms with van der Waals surface area (Å²) >= 11 is 0. The van der Waals surface area contributed by atoms with Crippen molar-refractivity contribution in [1.82, 2.24) is 10.6 Å². The summed E-state index contributed by atoms with van der Waals surface area (Å²) < 4.78 is 35.9. The van der Waals surface area contributed by atoms with Crippen LogP contribution in [0.5, 0.6) is 0 Å². The van der Waals surface area contributed by atoms with Gasteiger partial charge in [-0.3, -0.25) is 4.99 Å². The molecule has 2 N–H and O–H groups in total. The van der Waals surface area contributed by atoms with E-state index < -0.39 is 9.84 Å². The van der Waals surface area contributed by atoms with Crippen LogP contribution >= 0.6 is 24.0 Å². The molecule has 0 unspecified atom stereocenters. The van der Waals surface area contributed by atoms with Crippen molar-refractivity contribution in [2.24, 2.45) is 4.99 Å². The summed E-state index contributed by atoms with van der Waals surface area (Å²) in [6.45, 7) is 2.83. The summed E-state index contributed by atoms with van der Waals surface area (Å²) in [5.74, 6) is 0.462. The van der Waals surface area contributed by atoms with Gasteiger partial charge in [-0.1, -0.05) is 36.4 Å². The van der Waals surface area contributed by atoms with E-state index in [2.05, 4.69) is 15.6 Å². The van der Waals surface area contributed by atoms with Crippen molar-refractivity contribution in [1.29, 1.82) is 0 Å². The van der Waals surface area contributed by atoms with E-state index in [1.165, 1.54) is 12.3 Å². The number of nitrogens with one attached hydrogen (secondary N) is 2. The van der Waals surface area contributed by atoms with Crippen LogP contribution in [0.25, 0.3) is 0 Å². The minimum Gasteiger partial charge on any atom is -0.352 e. The number of aliphatic imine (C=N–C) groups is 1. The fraction of sp³-hybridized carbons (Fsp3) is 0.316. The third-order valence-corrected chi connectivity index (χ3v) is 4.68. The number of benzene rings is 2. The van der Waals surface area contributed by atoms with Crippen molar-refractivity contribution < 1.29 is 12.8 Å². The number of halogens is 2. The van der Waals surface area contributed by atoms with Gasteiger partial charge in [-0.25, -0.2) is 12.8 Å². The number of nitrogens with zero attached hydrogens (tertiary/aromatic N) is 1. The Kier molecular flexibility index (Phi) is 9.17. The van der Waals surface area contributed by atoms with Gasteiger partial charge in [-0.05, 0) is 35.2 Å². The van der Waals surface area contributed by atoms with Gasteiger partial charge in [0.2, 0.25) is 0 Å². The third-order valence-electron chi connectivity index (χ3n) is 3.82. The van der Waals surface area contributed by atoms with Crippen molar-refractivity contribution in [2.75, 3.05) is 13.3 Å². The van der Waals surface area contributed by atoms with E-state index >= 15 is 0 Å². The summed E-state index contributed by atoms with van der Waals surface area (Å²) in [7, 11) is -1.35. The van der Waals surface area contributed by atoms with E-state index in [1.807, 2.05) is 24.3 Å².